The van der Waals surface area contributed by atoms with Crippen molar-refractivity contribution < 1.29 is 26.3 Å². The SMILES string of the molecule is N#Cc1cc(-c2cc(-c3ccccc3)nc(-c3ccccc3)n2)c2c(c1)c1cc(nc(-c3ccccc3)n1)c1cc3c(cc1-c1cc(C(F)(F)F)cc(C(F)(F)F)c1)c1ccccc1n32. The van der Waals surface area contributed by atoms with Crippen LogP contribution in [0.4, 0.5) is 26.3 Å². The number of rotatable bonds is 5. The highest BCUT2D eigenvalue weighted by Crippen LogP contribution is 2.45. The Morgan fingerprint density at radius 1 is 0.415 bits per heavy atom. The Morgan fingerprint density at radius 2 is 0.969 bits per heavy atom. The van der Waals surface area contributed by atoms with E-state index in [9.17, 15) is 31.6 Å². The number of para-hydroxylation sites is 1. The molecule has 0 aliphatic rings. The Balaban J connectivity index is 1.37. The zero-order valence-electron chi connectivity index (χ0n) is 33.6. The van der Waals surface area contributed by atoms with E-state index in [4.69, 9.17) is 19.9 Å². The molecule has 11 aromatic rings. The monoisotopic (exact) mass is 862 g/mol. The summed E-state index contributed by atoms with van der Waals surface area (Å²) in [5.74, 6) is 0.681. The molecule has 0 fully saturated rings. The molecule has 0 radical (unpaired) electrons. The van der Waals surface area contributed by atoms with Crippen LogP contribution in [-0.2, 0) is 12.4 Å². The number of halogens is 6. The lowest BCUT2D eigenvalue weighted by Gasteiger charge is -2.15. The fraction of sp³-hybridized carbons (Fsp3) is 0.0377. The maximum Gasteiger partial charge on any atom is 0.416 e. The molecular formula is C53H28F6N6. The zero-order chi connectivity index (χ0) is 44.6. The molecule has 0 saturated carbocycles. The van der Waals surface area contributed by atoms with Crippen molar-refractivity contribution in [3.8, 4) is 62.5 Å². The number of alkyl halides is 6. The van der Waals surface area contributed by atoms with Crippen LogP contribution in [0.3, 0.4) is 0 Å². The molecule has 4 bridgehead atoms. The van der Waals surface area contributed by atoms with Crippen molar-refractivity contribution in [2.45, 2.75) is 12.4 Å². The second-order valence-electron chi connectivity index (χ2n) is 15.6. The first-order valence-corrected chi connectivity index (χ1v) is 20.3. The van der Waals surface area contributed by atoms with Crippen molar-refractivity contribution in [3.05, 3.63) is 187 Å². The summed E-state index contributed by atoms with van der Waals surface area (Å²) in [6.07, 6.45) is -10.2. The first kappa shape index (κ1) is 39.4. The second-order valence-corrected chi connectivity index (χ2v) is 15.6. The molecular weight excluding hydrogens is 835 g/mol. The summed E-state index contributed by atoms with van der Waals surface area (Å²) in [5.41, 5.74) is 3.45. The maximum absolute atomic E-state index is 14.5. The lowest BCUT2D eigenvalue weighted by atomic mass is 9.94. The largest absolute Gasteiger partial charge is 0.416 e. The Kier molecular flexibility index (Phi) is 9.00. The van der Waals surface area contributed by atoms with Gasteiger partial charge in [0.15, 0.2) is 11.6 Å². The van der Waals surface area contributed by atoms with Crippen molar-refractivity contribution in [1.82, 2.24) is 24.3 Å². The van der Waals surface area contributed by atoms with Crippen LogP contribution in [0.2, 0.25) is 0 Å². The van der Waals surface area contributed by atoms with Gasteiger partial charge in [-0.25, -0.2) is 19.9 Å². The summed E-state index contributed by atoms with van der Waals surface area (Å²) < 4.78 is 88.7. The number of aromatic nitrogens is 5. The molecule has 0 N–H and O–H groups in total. The number of nitrogens with zero attached hydrogens (tertiary/aromatic N) is 6. The minimum absolute atomic E-state index is 0.0976. The fourth-order valence-corrected chi connectivity index (χ4v) is 8.65. The smallest absolute Gasteiger partial charge is 0.308 e. The Bertz CT molecular complexity index is 3660. The summed E-state index contributed by atoms with van der Waals surface area (Å²) in [6, 6.07) is 50.0. The number of hydrogen-bond acceptors (Lipinski definition) is 5. The third-order valence-corrected chi connectivity index (χ3v) is 11.6. The Morgan fingerprint density at radius 3 is 1.58 bits per heavy atom. The highest BCUT2D eigenvalue weighted by Gasteiger charge is 2.37. The molecule has 0 amide bonds. The molecule has 312 valence electrons. The highest BCUT2D eigenvalue weighted by atomic mass is 19.4. The van der Waals surface area contributed by atoms with Crippen LogP contribution in [0.1, 0.15) is 16.7 Å². The van der Waals surface area contributed by atoms with E-state index in [1.54, 1.807) is 42.5 Å². The zero-order valence-corrected chi connectivity index (χ0v) is 33.6. The van der Waals surface area contributed by atoms with E-state index in [-0.39, 0.29) is 39.5 Å². The minimum Gasteiger partial charge on any atom is -0.308 e. The van der Waals surface area contributed by atoms with Crippen molar-refractivity contribution >= 4 is 49.1 Å². The van der Waals surface area contributed by atoms with Gasteiger partial charge in [-0.1, -0.05) is 109 Å². The van der Waals surface area contributed by atoms with E-state index < -0.39 is 23.5 Å². The molecule has 4 heterocycles. The first-order valence-electron chi connectivity index (χ1n) is 20.3. The van der Waals surface area contributed by atoms with Crippen molar-refractivity contribution in [2.75, 3.05) is 0 Å². The van der Waals surface area contributed by atoms with E-state index in [1.165, 1.54) is 0 Å². The van der Waals surface area contributed by atoms with Crippen molar-refractivity contribution in [1.29, 1.82) is 5.26 Å². The van der Waals surface area contributed by atoms with E-state index in [0.717, 1.165) is 23.3 Å². The number of nitriles is 1. The van der Waals surface area contributed by atoms with Gasteiger partial charge in [0.1, 0.15) is 0 Å². The van der Waals surface area contributed by atoms with E-state index in [2.05, 4.69) is 6.07 Å². The van der Waals surface area contributed by atoms with Crippen molar-refractivity contribution in [2.24, 2.45) is 0 Å². The number of benzene rings is 7. The van der Waals surface area contributed by atoms with Crippen LogP contribution in [0.15, 0.2) is 170 Å². The fourth-order valence-electron chi connectivity index (χ4n) is 8.65. The summed E-state index contributed by atoms with van der Waals surface area (Å²) in [5, 5.41) is 12.7. The van der Waals surface area contributed by atoms with Gasteiger partial charge in [-0.05, 0) is 71.8 Å². The van der Waals surface area contributed by atoms with Gasteiger partial charge in [-0.15, -0.1) is 0 Å². The molecule has 0 unspecified atom stereocenters. The van der Waals surface area contributed by atoms with Gasteiger partial charge in [0.05, 0.1) is 61.7 Å². The third-order valence-electron chi connectivity index (χ3n) is 11.6. The third kappa shape index (κ3) is 6.85. The lowest BCUT2D eigenvalue weighted by molar-refractivity contribution is -0.143. The van der Waals surface area contributed by atoms with Gasteiger partial charge in [0, 0.05) is 43.8 Å². The average Bonchev–Trinajstić information content (AvgIpc) is 3.66. The van der Waals surface area contributed by atoms with Gasteiger partial charge in [0.25, 0.3) is 0 Å². The molecule has 7 aromatic carbocycles. The van der Waals surface area contributed by atoms with Gasteiger partial charge in [-0.2, -0.15) is 31.6 Å². The van der Waals surface area contributed by atoms with Crippen LogP contribution in [-0.4, -0.2) is 24.3 Å². The van der Waals surface area contributed by atoms with Gasteiger partial charge in [0.2, 0.25) is 0 Å². The number of hydrogen-bond donors (Lipinski definition) is 0. The quantitative estimate of drug-likeness (QED) is 0.161. The first-order chi connectivity index (χ1) is 31.4. The normalized spacial score (nSPS) is 12.1. The Hall–Kier alpha value is -8.43. The number of fused-ring (bicyclic) bond motifs is 10. The molecule has 0 spiro atoms. The molecule has 0 saturated heterocycles. The summed E-state index contributed by atoms with van der Waals surface area (Å²) in [7, 11) is 0. The predicted octanol–water partition coefficient (Wildman–Crippen LogP) is 14.4. The van der Waals surface area contributed by atoms with Crippen LogP contribution in [0, 0.1) is 11.3 Å². The minimum atomic E-state index is -5.08. The predicted molar refractivity (Wildman–Crippen MR) is 240 cm³/mol. The molecule has 4 aromatic heterocycles. The molecule has 0 aliphatic heterocycles. The lowest BCUT2D eigenvalue weighted by Crippen LogP contribution is -2.11. The van der Waals surface area contributed by atoms with Gasteiger partial charge < -0.3 is 4.40 Å². The topological polar surface area (TPSA) is 79.8 Å². The van der Waals surface area contributed by atoms with Crippen LogP contribution in [0.5, 0.6) is 0 Å². The van der Waals surface area contributed by atoms with Crippen LogP contribution >= 0.6 is 0 Å². The molecule has 0 atom stereocenters. The molecule has 12 heteroatoms. The highest BCUT2D eigenvalue weighted by molar-refractivity contribution is 6.18. The van der Waals surface area contributed by atoms with E-state index in [0.29, 0.717) is 66.6 Å². The Labute approximate surface area is 365 Å². The average molecular weight is 863 g/mol. The second kappa shape index (κ2) is 14.8. The van der Waals surface area contributed by atoms with Crippen molar-refractivity contribution in [3.63, 3.8) is 0 Å². The van der Waals surface area contributed by atoms with Gasteiger partial charge >= 0.3 is 12.4 Å². The summed E-state index contributed by atoms with van der Waals surface area (Å²) in [6.45, 7) is 0. The maximum atomic E-state index is 14.5. The summed E-state index contributed by atoms with van der Waals surface area (Å²) in [4.78, 5) is 20.3. The summed E-state index contributed by atoms with van der Waals surface area (Å²) >= 11 is 0. The van der Waals surface area contributed by atoms with E-state index in [1.807, 2.05) is 114 Å². The van der Waals surface area contributed by atoms with Gasteiger partial charge in [-0.3, -0.25) is 0 Å². The molecule has 6 nitrogen and oxygen atoms in total. The molecule has 65 heavy (non-hydrogen) atoms. The van der Waals surface area contributed by atoms with Crippen LogP contribution < -0.4 is 0 Å². The standard InChI is InChI=1S/C53H28F6N6/c54-52(55,56)35-22-34(23-36(24-35)53(57,58)59)38-25-40-37-18-10-11-19-47(37)65-48(40)26-39(38)44-28-46(64-51(62-44)33-16-8-3-9-17-33)42-21-30(29-60)20-41(49(42)65)45-27-43(31-12-4-1-5-13-31)61-50(63-45)32-14-6-2-7-15-32/h1-28H. The molecule has 0 aliphatic carbocycles. The molecule has 11 rings (SSSR count). The van der Waals surface area contributed by atoms with E-state index >= 15 is 0 Å². The van der Waals surface area contributed by atoms with Crippen LogP contribution in [0.25, 0.3) is 106 Å².